The Balaban J connectivity index is 1.29. The normalized spacial score (nSPS) is 21.9. The summed E-state index contributed by atoms with van der Waals surface area (Å²) in [6.45, 7) is 8.74. The molecular weight excluding hydrogens is 571 g/mol. The molecule has 9 heteroatoms. The van der Waals surface area contributed by atoms with Crippen LogP contribution in [0, 0.1) is 5.92 Å². The lowest BCUT2D eigenvalue weighted by Crippen LogP contribution is -2.61. The van der Waals surface area contributed by atoms with Gasteiger partial charge in [-0.05, 0) is 61.9 Å². The minimum absolute atomic E-state index is 0.0712. The summed E-state index contributed by atoms with van der Waals surface area (Å²) in [5, 5.41) is 28.5. The van der Waals surface area contributed by atoms with Crippen LogP contribution < -0.4 is 10.6 Å². The first-order chi connectivity index (χ1) is 21.6. The molecule has 9 nitrogen and oxygen atoms in total. The molecule has 0 bridgehead atoms. The molecule has 5 atom stereocenters. The summed E-state index contributed by atoms with van der Waals surface area (Å²) in [5.41, 5.74) is 3.68. The number of aliphatic hydroxyl groups is 2. The van der Waals surface area contributed by atoms with Crippen molar-refractivity contribution in [1.29, 1.82) is 0 Å². The van der Waals surface area contributed by atoms with Crippen LogP contribution in [0.4, 0.5) is 0 Å². The van der Waals surface area contributed by atoms with Crippen LogP contribution in [-0.4, -0.2) is 86.8 Å². The Labute approximate surface area is 266 Å². The number of hydrogen-bond acceptors (Lipinski definition) is 7. The van der Waals surface area contributed by atoms with E-state index in [1.54, 1.807) is 6.20 Å². The first-order valence-corrected chi connectivity index (χ1v) is 16.0. The first kappa shape index (κ1) is 32.8. The molecule has 2 amide bonds. The van der Waals surface area contributed by atoms with Gasteiger partial charge in [-0.3, -0.25) is 24.4 Å². The zero-order valence-corrected chi connectivity index (χ0v) is 26.6. The van der Waals surface area contributed by atoms with Gasteiger partial charge in [0.15, 0.2) is 0 Å². The number of carbonyl (C=O) groups excluding carboxylic acids is 2. The van der Waals surface area contributed by atoms with Crippen LogP contribution in [0.3, 0.4) is 0 Å². The van der Waals surface area contributed by atoms with E-state index in [-0.39, 0.29) is 24.8 Å². The second kappa shape index (κ2) is 14.6. The maximum atomic E-state index is 13.8. The molecule has 5 rings (SSSR count). The standard InChI is InChI=1S/C36H47N5O4/c1-36(2,3)39-35(45)31-24-40(22-26-12-9-15-37-21-26)16-17-41(31)23-29(42)19-28(18-25-10-5-4-6-11-25)34(44)38-33-30-14-8-7-13-27(30)20-32(33)43/h4-15,21,28-29,31-33,42-43H,16-20,22-24H2,1-3H3,(H,38,44)(H,39,45)/t28-,29+,31+,32-,33+/m1/s1/i15+1,21+1,22+1,26+1,37+1. The Morgan fingerprint density at radius 3 is 2.47 bits per heavy atom. The monoisotopic (exact) mass is 618 g/mol. The van der Waals surface area contributed by atoms with Crippen LogP contribution in [0.5, 0.6) is 0 Å². The molecule has 0 radical (unpaired) electrons. The zero-order valence-electron chi connectivity index (χ0n) is 26.6. The van der Waals surface area contributed by atoms with Gasteiger partial charge in [0, 0.05) is 63.0 Å². The fourth-order valence-electron chi connectivity index (χ4n) is 6.56. The van der Waals surface area contributed by atoms with Gasteiger partial charge in [0.1, 0.15) is 6.04 Å². The maximum absolute atomic E-state index is 13.8. The van der Waals surface area contributed by atoms with Crippen LogP contribution in [-0.2, 0) is 29.0 Å². The Kier molecular flexibility index (Phi) is 10.7. The average molecular weight is 619 g/mol. The highest BCUT2D eigenvalue weighted by Gasteiger charge is 2.37. The van der Waals surface area contributed by atoms with E-state index in [4.69, 9.17) is 0 Å². The summed E-state index contributed by atoms with van der Waals surface area (Å²) in [4.78, 5) is 35.9. The van der Waals surface area contributed by atoms with Gasteiger partial charge in [0.2, 0.25) is 11.8 Å². The Hall–Kier alpha value is -3.63. The number of pyridine rings is 1. The third kappa shape index (κ3) is 8.98. The molecule has 1 fully saturated rings. The van der Waals surface area contributed by atoms with E-state index in [0.717, 1.165) is 28.8 Å². The molecular formula is C36H47N5O4. The fourth-order valence-corrected chi connectivity index (χ4v) is 6.56. The summed E-state index contributed by atoms with van der Waals surface area (Å²) in [5.74, 6) is -0.781. The van der Waals surface area contributed by atoms with Crippen molar-refractivity contribution in [1.82, 2.24) is 25.4 Å². The van der Waals surface area contributed by atoms with E-state index < -0.39 is 35.7 Å². The Morgan fingerprint density at radius 1 is 1.00 bits per heavy atom. The highest BCUT2D eigenvalue weighted by atomic mass is 16.3. The fraction of sp³-hybridized carbons (Fsp3) is 0.472. The predicted octanol–water partition coefficient (Wildman–Crippen LogP) is 2.87. The van der Waals surface area contributed by atoms with Crippen LogP contribution in [0.25, 0.3) is 0 Å². The van der Waals surface area contributed by atoms with Crippen molar-refractivity contribution in [2.45, 2.75) is 76.4 Å². The Morgan fingerprint density at radius 2 is 1.73 bits per heavy atom. The van der Waals surface area contributed by atoms with Crippen molar-refractivity contribution in [3.05, 3.63) is 101 Å². The number of piperazine rings is 1. The summed E-state index contributed by atoms with van der Waals surface area (Å²) in [6, 6.07) is 20.6. The van der Waals surface area contributed by atoms with E-state index >= 15 is 0 Å². The molecule has 2 aromatic carbocycles. The molecule has 2 heterocycles. The van der Waals surface area contributed by atoms with Crippen molar-refractivity contribution < 1.29 is 19.8 Å². The number of β-amino-alcohol motifs (C(OH)–C–C–N with tert-alkyl or cyclic N) is 1. The number of rotatable bonds is 11. The summed E-state index contributed by atoms with van der Waals surface area (Å²) < 4.78 is 0. The molecule has 240 valence electrons. The maximum Gasteiger partial charge on any atom is 0.239 e. The molecule has 4 N–H and O–H groups in total. The van der Waals surface area contributed by atoms with Gasteiger partial charge in [-0.1, -0.05) is 60.7 Å². The molecule has 45 heavy (non-hydrogen) atoms. The first-order valence-electron chi connectivity index (χ1n) is 16.0. The van der Waals surface area contributed by atoms with Crippen LogP contribution in [0.15, 0.2) is 79.1 Å². The molecule has 0 spiro atoms. The van der Waals surface area contributed by atoms with Crippen molar-refractivity contribution in [2.24, 2.45) is 5.92 Å². The third-order valence-electron chi connectivity index (χ3n) is 8.70. The van der Waals surface area contributed by atoms with Gasteiger partial charge in [-0.25, -0.2) is 0 Å². The number of aliphatic hydroxyl groups excluding tert-OH is 2. The molecule has 1 saturated heterocycles. The molecule has 0 unspecified atom stereocenters. The van der Waals surface area contributed by atoms with Crippen molar-refractivity contribution in [3.63, 3.8) is 0 Å². The Bertz CT molecular complexity index is 1410. The van der Waals surface area contributed by atoms with Crippen LogP contribution in [0.2, 0.25) is 0 Å². The number of amides is 2. The molecule has 2 aliphatic rings. The zero-order chi connectivity index (χ0) is 32.0. The van der Waals surface area contributed by atoms with Crippen molar-refractivity contribution in [3.8, 4) is 0 Å². The van der Waals surface area contributed by atoms with Gasteiger partial charge in [-0.15, -0.1) is 0 Å². The third-order valence-corrected chi connectivity index (χ3v) is 8.70. The number of nitrogens with zero attached hydrogens (tertiary/aromatic N) is 3. The second-order valence-corrected chi connectivity index (χ2v) is 13.6. The largest absolute Gasteiger partial charge is 0.392 e. The molecule has 3 aromatic rings. The van der Waals surface area contributed by atoms with Gasteiger partial charge < -0.3 is 20.8 Å². The number of hydrogen-bond donors (Lipinski definition) is 4. The van der Waals surface area contributed by atoms with Crippen LogP contribution in [0.1, 0.15) is 55.5 Å². The van der Waals surface area contributed by atoms with E-state index in [0.29, 0.717) is 32.5 Å². The summed E-state index contributed by atoms with van der Waals surface area (Å²) in [7, 11) is 0. The van der Waals surface area contributed by atoms with Crippen molar-refractivity contribution >= 4 is 11.8 Å². The summed E-state index contributed by atoms with van der Waals surface area (Å²) in [6.07, 6.45) is 3.26. The van der Waals surface area contributed by atoms with Crippen molar-refractivity contribution in [2.75, 3.05) is 26.2 Å². The highest BCUT2D eigenvalue weighted by molar-refractivity contribution is 5.83. The number of fused-ring (bicyclic) bond motifs is 1. The number of carbonyl (C=O) groups is 2. The van der Waals surface area contributed by atoms with E-state index in [2.05, 4.69) is 25.4 Å². The van der Waals surface area contributed by atoms with E-state index in [1.807, 2.05) is 93.7 Å². The molecule has 1 aliphatic heterocycles. The lowest BCUT2D eigenvalue weighted by atomic mass is 9.91. The molecule has 1 aromatic heterocycles. The quantitative estimate of drug-likeness (QED) is 0.244. The van der Waals surface area contributed by atoms with E-state index in [1.165, 1.54) is 0 Å². The van der Waals surface area contributed by atoms with Gasteiger partial charge in [0.25, 0.3) is 0 Å². The lowest BCUT2D eigenvalue weighted by molar-refractivity contribution is -0.132. The smallest absolute Gasteiger partial charge is 0.239 e. The molecule has 1 aliphatic carbocycles. The van der Waals surface area contributed by atoms with E-state index in [9.17, 15) is 19.8 Å². The highest BCUT2D eigenvalue weighted by Crippen LogP contribution is 2.32. The van der Waals surface area contributed by atoms with Gasteiger partial charge in [0.05, 0.1) is 18.2 Å². The average Bonchev–Trinajstić information content (AvgIpc) is 3.32. The molecule has 0 saturated carbocycles. The van der Waals surface area contributed by atoms with Crippen LogP contribution >= 0.6 is 0 Å². The minimum atomic E-state index is -0.833. The lowest BCUT2D eigenvalue weighted by Gasteiger charge is -2.42. The number of aromatic nitrogens is 1. The van der Waals surface area contributed by atoms with Gasteiger partial charge >= 0.3 is 0 Å². The minimum Gasteiger partial charge on any atom is -0.392 e. The number of nitrogens with one attached hydrogen (secondary N) is 2. The topological polar surface area (TPSA) is 118 Å². The predicted molar refractivity (Wildman–Crippen MR) is 174 cm³/mol. The SMILES string of the molecule is CC(C)(C)NC(=O)[C@@H]1CN([13CH2][13c]2cc[13cH][15n][13cH]2)CCN1C[C@@H](O)C[C@@H](Cc1ccccc1)C(=O)N[C@H]1c2ccccc2C[C@H]1O. The second-order valence-electron chi connectivity index (χ2n) is 13.6. The van der Waals surface area contributed by atoms with Gasteiger partial charge in [-0.2, -0.15) is 0 Å². The number of benzene rings is 2. The summed E-state index contributed by atoms with van der Waals surface area (Å²) >= 11 is 0.